The Balaban J connectivity index is 1.18. The highest BCUT2D eigenvalue weighted by Crippen LogP contribution is 2.65. The first-order chi connectivity index (χ1) is 34.0. The summed E-state index contributed by atoms with van der Waals surface area (Å²) < 4.78 is 48.8. The minimum atomic E-state index is -1.56. The molecular formula is C53H54N4O13S. The number of nitrogens with zero attached hydrogens (tertiary/aromatic N) is 3. The molecule has 2 saturated heterocycles. The third-order valence-electron chi connectivity index (χ3n) is 14.1. The van der Waals surface area contributed by atoms with Crippen molar-refractivity contribution in [2.24, 2.45) is 0 Å². The molecule has 4 aromatic rings. The molecule has 17 nitrogen and oxygen atoms in total. The van der Waals surface area contributed by atoms with E-state index in [9.17, 15) is 24.8 Å². The zero-order valence-corrected chi connectivity index (χ0v) is 41.4. The number of thioether (sulfide) groups is 1. The van der Waals surface area contributed by atoms with Crippen LogP contribution in [0, 0.1) is 25.2 Å². The summed E-state index contributed by atoms with van der Waals surface area (Å²) in [5.41, 5.74) is 2.86. The smallest absolute Gasteiger partial charge is 0.411 e. The van der Waals surface area contributed by atoms with Crippen molar-refractivity contribution in [3.8, 4) is 46.3 Å². The van der Waals surface area contributed by atoms with E-state index in [1.54, 1.807) is 50.8 Å². The van der Waals surface area contributed by atoms with Crippen molar-refractivity contribution in [2.75, 3.05) is 39.9 Å². The van der Waals surface area contributed by atoms with E-state index in [4.69, 9.17) is 37.9 Å². The van der Waals surface area contributed by atoms with Crippen LogP contribution in [0.1, 0.15) is 95.1 Å². The van der Waals surface area contributed by atoms with Gasteiger partial charge in [0.1, 0.15) is 24.0 Å². The lowest BCUT2D eigenvalue weighted by Crippen LogP contribution is -2.71. The van der Waals surface area contributed by atoms with E-state index in [0.29, 0.717) is 63.4 Å². The number of benzene rings is 4. The number of ether oxygens (including phenoxy) is 8. The van der Waals surface area contributed by atoms with Gasteiger partial charge < -0.3 is 43.0 Å². The number of carbonyl (C=O) groups is 4. The number of carbonyl (C=O) groups excluding carboxylic acids is 4. The lowest BCUT2D eigenvalue weighted by atomic mass is 9.71. The van der Waals surface area contributed by atoms with Crippen LogP contribution in [0.5, 0.6) is 40.2 Å². The molecule has 1 spiro atoms. The van der Waals surface area contributed by atoms with Gasteiger partial charge in [0.05, 0.1) is 49.7 Å². The van der Waals surface area contributed by atoms with Gasteiger partial charge in [-0.3, -0.25) is 19.9 Å². The van der Waals surface area contributed by atoms with Crippen LogP contribution >= 0.6 is 11.8 Å². The number of piperazine rings is 1. The summed E-state index contributed by atoms with van der Waals surface area (Å²) in [6.45, 7) is 10.0. The van der Waals surface area contributed by atoms with Gasteiger partial charge in [0, 0.05) is 47.6 Å². The Morgan fingerprint density at radius 3 is 2.42 bits per heavy atom. The number of aromatic hydroxyl groups is 1. The second kappa shape index (κ2) is 18.0. The third-order valence-corrected chi connectivity index (χ3v) is 15.6. The summed E-state index contributed by atoms with van der Waals surface area (Å²) in [5, 5.41) is 26.6. The Morgan fingerprint density at radius 1 is 0.958 bits per heavy atom. The van der Waals surface area contributed by atoms with Crippen molar-refractivity contribution in [3.05, 3.63) is 105 Å². The SMILES string of the molecule is COc1cc2c(cc1OC(=O)C=Cc1ccccc1)CCN[C@]21CS[C@@H]2c3c(OC(C)=O)c(C)c4c(c3[C@H](COC1=O)N1C2[C@H]2c3c(cc(C)c(OC)c3O)C[C@@H]([C@@H]1C#N)N2C(=O)OC(C)(C)C)OCO4. The molecular weight excluding hydrogens is 933 g/mol. The number of hydrogen-bond acceptors (Lipinski definition) is 17. The number of nitriles is 1. The molecule has 0 aliphatic carbocycles. The third kappa shape index (κ3) is 7.85. The highest BCUT2D eigenvalue weighted by Gasteiger charge is 2.64. The van der Waals surface area contributed by atoms with Gasteiger partial charge in [-0.2, -0.15) is 5.26 Å². The number of phenolic OH excluding ortho intramolecular Hbond substituents is 1. The molecule has 4 bridgehead atoms. The van der Waals surface area contributed by atoms with Crippen molar-refractivity contribution >= 4 is 41.8 Å². The summed E-state index contributed by atoms with van der Waals surface area (Å²) in [6, 6.07) is 12.5. The molecule has 2 fully saturated rings. The van der Waals surface area contributed by atoms with Crippen LogP contribution in [0.2, 0.25) is 0 Å². The second-order valence-corrected chi connectivity index (χ2v) is 20.6. The first-order valence-corrected chi connectivity index (χ1v) is 24.5. The zero-order chi connectivity index (χ0) is 50.3. The molecule has 0 aromatic heterocycles. The number of hydrogen-bond donors (Lipinski definition) is 2. The quantitative estimate of drug-likeness (QED) is 0.111. The summed E-state index contributed by atoms with van der Waals surface area (Å²) in [5.74, 6) is -0.549. The molecule has 0 saturated carbocycles. The average molecular weight is 987 g/mol. The average Bonchev–Trinajstić information content (AvgIpc) is 3.83. The van der Waals surface area contributed by atoms with Crippen molar-refractivity contribution in [1.29, 1.82) is 5.26 Å². The number of amides is 1. The van der Waals surface area contributed by atoms with E-state index >= 15 is 4.79 Å². The summed E-state index contributed by atoms with van der Waals surface area (Å²) in [7, 11) is 2.91. The lowest BCUT2D eigenvalue weighted by Gasteiger charge is -2.62. The number of rotatable bonds is 6. The van der Waals surface area contributed by atoms with E-state index in [0.717, 1.165) is 11.1 Å². The van der Waals surface area contributed by atoms with Crippen LogP contribution in [0.3, 0.4) is 0 Å². The minimum absolute atomic E-state index is 0.0249. The van der Waals surface area contributed by atoms with E-state index in [1.165, 1.54) is 39.0 Å². The number of esters is 3. The summed E-state index contributed by atoms with van der Waals surface area (Å²) in [4.78, 5) is 60.3. The number of nitrogens with one attached hydrogen (secondary N) is 1. The number of fused-ring (bicyclic) bond motifs is 9. The molecule has 370 valence electrons. The number of methoxy groups -OCH3 is 2. The Hall–Kier alpha value is -6.94. The second-order valence-electron chi connectivity index (χ2n) is 19.5. The molecule has 11 rings (SSSR count). The van der Waals surface area contributed by atoms with Crippen molar-refractivity contribution in [3.63, 3.8) is 0 Å². The standard InChI is InChI=1S/C53H54N4O13S/c1-26-18-31-19-33-34(22-54)56-35-23-65-50(61)53(32-21-36(63-7)37(20-30(32)16-17-55-53)69-38(59)15-14-29-12-10-9-11-13-29)24-71-49(41-40(35)48-47(66-25-67-48)27(2)46(41)68-28(3)58)43(56)42(39(31)44(60)45(26)64-8)57(33)51(62)70-52(4,5)6/h9-15,18,20-21,33-35,42-43,49,55,60H,16-17,19,23-25H2,1-8H3/t33-,34-,35-,42+,43?,49+,53+/m0/s1. The molecule has 7 aliphatic heterocycles. The first-order valence-electron chi connectivity index (χ1n) is 23.4. The normalized spacial score (nSPS) is 24.9. The Kier molecular flexibility index (Phi) is 12.1. The Labute approximate surface area is 414 Å². The molecule has 7 heterocycles. The molecule has 18 heteroatoms. The fourth-order valence-electron chi connectivity index (χ4n) is 11.4. The fourth-order valence-corrected chi connectivity index (χ4v) is 13.1. The Morgan fingerprint density at radius 2 is 1.72 bits per heavy atom. The Bertz CT molecular complexity index is 2970. The molecule has 71 heavy (non-hydrogen) atoms. The van der Waals surface area contributed by atoms with Gasteiger partial charge in [-0.15, -0.1) is 11.8 Å². The molecule has 7 aliphatic rings. The van der Waals surface area contributed by atoms with Gasteiger partial charge in [-0.25, -0.2) is 14.4 Å². The fraction of sp³-hybridized carbons (Fsp3) is 0.415. The van der Waals surface area contributed by atoms with Crippen LogP contribution in [0.25, 0.3) is 6.08 Å². The van der Waals surface area contributed by atoms with E-state index < -0.39 is 70.6 Å². The van der Waals surface area contributed by atoms with Crippen molar-refractivity contribution in [1.82, 2.24) is 15.1 Å². The van der Waals surface area contributed by atoms with Crippen LogP contribution in [-0.4, -0.2) is 103 Å². The monoisotopic (exact) mass is 986 g/mol. The number of aryl methyl sites for hydroxylation is 1. The largest absolute Gasteiger partial charge is 0.504 e. The molecule has 4 aromatic carbocycles. The minimum Gasteiger partial charge on any atom is -0.504 e. The predicted molar refractivity (Wildman–Crippen MR) is 258 cm³/mol. The molecule has 7 atom stereocenters. The maximum absolute atomic E-state index is 15.3. The zero-order valence-electron chi connectivity index (χ0n) is 40.6. The molecule has 2 N–H and O–H groups in total. The van der Waals surface area contributed by atoms with Gasteiger partial charge in [0.15, 0.2) is 40.0 Å². The lowest BCUT2D eigenvalue weighted by molar-refractivity contribution is -0.157. The van der Waals surface area contributed by atoms with Gasteiger partial charge >= 0.3 is 24.0 Å². The highest BCUT2D eigenvalue weighted by atomic mass is 32.2. The van der Waals surface area contributed by atoms with Gasteiger partial charge in [-0.05, 0) is 93.5 Å². The predicted octanol–water partition coefficient (Wildman–Crippen LogP) is 7.21. The molecule has 1 unspecified atom stereocenters. The van der Waals surface area contributed by atoms with Crippen molar-refractivity contribution in [2.45, 2.75) is 101 Å². The van der Waals surface area contributed by atoms with E-state index in [2.05, 4.69) is 11.4 Å². The number of phenols is 1. The molecule has 1 amide bonds. The highest BCUT2D eigenvalue weighted by molar-refractivity contribution is 7.99. The van der Waals surface area contributed by atoms with Crippen LogP contribution in [0.4, 0.5) is 4.79 Å². The van der Waals surface area contributed by atoms with Crippen LogP contribution < -0.4 is 33.7 Å². The van der Waals surface area contributed by atoms with Crippen LogP contribution in [0.15, 0.2) is 54.6 Å². The maximum Gasteiger partial charge on any atom is 0.411 e. The van der Waals surface area contributed by atoms with Gasteiger partial charge in [0.25, 0.3) is 0 Å². The van der Waals surface area contributed by atoms with Crippen LogP contribution in [-0.2, 0) is 42.2 Å². The van der Waals surface area contributed by atoms with Gasteiger partial charge in [-0.1, -0.05) is 36.4 Å². The van der Waals surface area contributed by atoms with E-state index in [-0.39, 0.29) is 54.3 Å². The summed E-state index contributed by atoms with van der Waals surface area (Å²) >= 11 is 1.34. The van der Waals surface area contributed by atoms with E-state index in [1.807, 2.05) is 48.2 Å². The van der Waals surface area contributed by atoms with Crippen molar-refractivity contribution < 1.29 is 62.2 Å². The first kappa shape index (κ1) is 47.7. The summed E-state index contributed by atoms with van der Waals surface area (Å²) in [6.07, 6.45) is 2.90. The van der Waals surface area contributed by atoms with Gasteiger partial charge in [0.2, 0.25) is 6.79 Å². The maximum atomic E-state index is 15.3. The molecule has 0 radical (unpaired) electrons. The topological polar surface area (TPSA) is 205 Å².